The Kier molecular flexibility index (Phi) is 2.60. The first-order valence-electron chi connectivity index (χ1n) is 3.52. The maximum absolute atomic E-state index is 10.8. The Morgan fingerprint density at radius 1 is 1.64 bits per heavy atom. The minimum atomic E-state index is 0.455. The van der Waals surface area contributed by atoms with Crippen molar-refractivity contribution in [1.29, 1.82) is 0 Å². The molecule has 11 heavy (non-hydrogen) atoms. The summed E-state index contributed by atoms with van der Waals surface area (Å²) in [6.45, 7) is 2.25. The van der Waals surface area contributed by atoms with Gasteiger partial charge in [-0.25, -0.2) is 4.74 Å². The zero-order valence-electron chi connectivity index (χ0n) is 6.40. The maximum atomic E-state index is 10.8. The lowest BCUT2D eigenvalue weighted by atomic mass is 10.4. The topological polar surface area (TPSA) is 39.0 Å². The van der Waals surface area contributed by atoms with Crippen LogP contribution in [0.15, 0.2) is 24.4 Å². The normalized spacial score (nSPS) is 11.5. The lowest BCUT2D eigenvalue weighted by molar-refractivity contribution is -0.447. The minimum absolute atomic E-state index is 0.455. The molecular formula is C8H10N2O. The SMILES string of the molecule is CC/[N+]([O-])=C\c1ccccn1. The summed E-state index contributed by atoms with van der Waals surface area (Å²) in [5.41, 5.74) is 0.698. The second-order valence-corrected chi connectivity index (χ2v) is 2.12. The number of hydroxylamine groups is 1. The zero-order valence-corrected chi connectivity index (χ0v) is 6.40. The van der Waals surface area contributed by atoms with Crippen LogP contribution in [0.3, 0.4) is 0 Å². The fourth-order valence-corrected chi connectivity index (χ4v) is 0.691. The van der Waals surface area contributed by atoms with E-state index in [1.807, 2.05) is 12.1 Å². The van der Waals surface area contributed by atoms with Gasteiger partial charge in [0, 0.05) is 6.20 Å². The predicted octanol–water partition coefficient (Wildman–Crippen LogP) is 1.03. The molecule has 0 saturated carbocycles. The standard InChI is InChI=1S/C8H10N2O/c1-2-10(11)7-8-5-3-4-6-9-8/h3-7H,2H2,1H3/b10-7+. The molecule has 58 valence electrons. The fraction of sp³-hybridized carbons (Fsp3) is 0.250. The Bertz CT molecular complexity index is 244. The summed E-state index contributed by atoms with van der Waals surface area (Å²) in [4.78, 5) is 3.97. The summed E-state index contributed by atoms with van der Waals surface area (Å²) in [7, 11) is 0. The number of aromatic nitrogens is 1. The van der Waals surface area contributed by atoms with E-state index in [2.05, 4.69) is 4.98 Å². The van der Waals surface area contributed by atoms with Crippen LogP contribution in [-0.2, 0) is 0 Å². The van der Waals surface area contributed by atoms with Gasteiger partial charge < -0.3 is 5.21 Å². The minimum Gasteiger partial charge on any atom is -0.624 e. The van der Waals surface area contributed by atoms with Crippen molar-refractivity contribution in [2.75, 3.05) is 6.54 Å². The summed E-state index contributed by atoms with van der Waals surface area (Å²) in [6, 6.07) is 5.46. The molecule has 0 aliphatic heterocycles. The molecule has 3 heteroatoms. The number of hydrogen-bond acceptors (Lipinski definition) is 2. The van der Waals surface area contributed by atoms with E-state index in [0.29, 0.717) is 12.2 Å². The van der Waals surface area contributed by atoms with Gasteiger partial charge in [-0.05, 0) is 19.1 Å². The second kappa shape index (κ2) is 3.71. The summed E-state index contributed by atoms with van der Waals surface area (Å²) < 4.78 is 0.850. The molecule has 3 nitrogen and oxygen atoms in total. The molecule has 1 aromatic rings. The Morgan fingerprint density at radius 3 is 3.00 bits per heavy atom. The van der Waals surface area contributed by atoms with Gasteiger partial charge in [0.15, 0.2) is 12.8 Å². The highest BCUT2D eigenvalue weighted by atomic mass is 16.5. The van der Waals surface area contributed by atoms with Gasteiger partial charge in [0.05, 0.1) is 0 Å². The fourth-order valence-electron chi connectivity index (χ4n) is 0.691. The van der Waals surface area contributed by atoms with E-state index in [1.165, 1.54) is 6.21 Å². The third-order valence-electron chi connectivity index (χ3n) is 1.28. The monoisotopic (exact) mass is 150 g/mol. The zero-order chi connectivity index (χ0) is 8.10. The average Bonchev–Trinajstić information content (AvgIpc) is 2.06. The van der Waals surface area contributed by atoms with Crippen molar-refractivity contribution in [2.24, 2.45) is 0 Å². The van der Waals surface area contributed by atoms with Crippen molar-refractivity contribution in [3.8, 4) is 0 Å². The average molecular weight is 150 g/mol. The molecule has 0 spiro atoms. The largest absolute Gasteiger partial charge is 0.624 e. The predicted molar refractivity (Wildman–Crippen MR) is 43.6 cm³/mol. The first-order chi connectivity index (χ1) is 5.33. The Hall–Kier alpha value is -1.38. The quantitative estimate of drug-likeness (QED) is 0.273. The van der Waals surface area contributed by atoms with Crippen molar-refractivity contribution in [3.63, 3.8) is 0 Å². The van der Waals surface area contributed by atoms with Crippen molar-refractivity contribution in [2.45, 2.75) is 6.92 Å². The number of rotatable bonds is 2. The van der Waals surface area contributed by atoms with E-state index in [9.17, 15) is 5.21 Å². The van der Waals surface area contributed by atoms with Gasteiger partial charge in [0.25, 0.3) is 0 Å². The molecule has 0 radical (unpaired) electrons. The molecule has 0 aromatic carbocycles. The second-order valence-electron chi connectivity index (χ2n) is 2.12. The highest BCUT2D eigenvalue weighted by Crippen LogP contribution is 1.87. The molecule has 0 aliphatic carbocycles. The van der Waals surface area contributed by atoms with Crippen LogP contribution < -0.4 is 0 Å². The lowest BCUT2D eigenvalue weighted by Crippen LogP contribution is -2.04. The molecule has 0 aliphatic rings. The molecule has 0 saturated heterocycles. The summed E-state index contributed by atoms with van der Waals surface area (Å²) in [5.74, 6) is 0. The Morgan fingerprint density at radius 2 is 2.45 bits per heavy atom. The van der Waals surface area contributed by atoms with E-state index in [0.717, 1.165) is 4.74 Å². The van der Waals surface area contributed by atoms with Gasteiger partial charge in [-0.3, -0.25) is 4.98 Å². The Labute approximate surface area is 65.6 Å². The van der Waals surface area contributed by atoms with E-state index >= 15 is 0 Å². The van der Waals surface area contributed by atoms with Crippen LogP contribution in [0, 0.1) is 5.21 Å². The van der Waals surface area contributed by atoms with Gasteiger partial charge in [0.2, 0.25) is 0 Å². The summed E-state index contributed by atoms with van der Waals surface area (Å²) in [6.07, 6.45) is 3.13. The van der Waals surface area contributed by atoms with Crippen molar-refractivity contribution in [3.05, 3.63) is 35.3 Å². The molecule has 0 amide bonds. The lowest BCUT2D eigenvalue weighted by Gasteiger charge is -1.97. The Balaban J connectivity index is 2.79. The van der Waals surface area contributed by atoms with E-state index in [-0.39, 0.29) is 0 Å². The van der Waals surface area contributed by atoms with Crippen LogP contribution in [0.1, 0.15) is 12.6 Å². The van der Waals surface area contributed by atoms with E-state index in [1.54, 1.807) is 19.2 Å². The first kappa shape index (κ1) is 7.72. The first-order valence-corrected chi connectivity index (χ1v) is 3.52. The molecule has 1 rings (SSSR count). The number of hydrogen-bond donors (Lipinski definition) is 0. The molecular weight excluding hydrogens is 140 g/mol. The van der Waals surface area contributed by atoms with Crippen LogP contribution >= 0.6 is 0 Å². The van der Waals surface area contributed by atoms with Gasteiger partial charge in [0.1, 0.15) is 5.69 Å². The number of pyridine rings is 1. The third kappa shape index (κ3) is 2.37. The van der Waals surface area contributed by atoms with Crippen LogP contribution in [0.5, 0.6) is 0 Å². The highest BCUT2D eigenvalue weighted by Gasteiger charge is 1.90. The molecule has 0 unspecified atom stereocenters. The van der Waals surface area contributed by atoms with Crippen LogP contribution in [0.2, 0.25) is 0 Å². The van der Waals surface area contributed by atoms with E-state index < -0.39 is 0 Å². The molecule has 1 heterocycles. The van der Waals surface area contributed by atoms with Gasteiger partial charge in [-0.15, -0.1) is 0 Å². The summed E-state index contributed by atoms with van der Waals surface area (Å²) >= 11 is 0. The van der Waals surface area contributed by atoms with Crippen molar-refractivity contribution in [1.82, 2.24) is 4.98 Å². The molecule has 0 N–H and O–H groups in total. The van der Waals surface area contributed by atoms with Crippen LogP contribution in [-0.4, -0.2) is 22.5 Å². The van der Waals surface area contributed by atoms with Crippen molar-refractivity contribution < 1.29 is 4.74 Å². The van der Waals surface area contributed by atoms with Crippen molar-refractivity contribution >= 4 is 6.21 Å². The smallest absolute Gasteiger partial charge is 0.200 e. The van der Waals surface area contributed by atoms with Crippen LogP contribution in [0.4, 0.5) is 0 Å². The van der Waals surface area contributed by atoms with Crippen LogP contribution in [0.25, 0.3) is 0 Å². The maximum Gasteiger partial charge on any atom is 0.200 e. The van der Waals surface area contributed by atoms with Gasteiger partial charge in [-0.1, -0.05) is 6.07 Å². The number of nitrogens with zero attached hydrogens (tertiary/aromatic N) is 2. The van der Waals surface area contributed by atoms with Gasteiger partial charge in [-0.2, -0.15) is 0 Å². The molecule has 0 atom stereocenters. The third-order valence-corrected chi connectivity index (χ3v) is 1.28. The molecule has 0 fully saturated rings. The van der Waals surface area contributed by atoms with E-state index in [4.69, 9.17) is 0 Å². The van der Waals surface area contributed by atoms with Gasteiger partial charge >= 0.3 is 0 Å². The summed E-state index contributed by atoms with van der Waals surface area (Å²) in [5, 5.41) is 10.8. The molecule has 1 aromatic heterocycles. The molecule has 0 bridgehead atoms. The highest BCUT2D eigenvalue weighted by molar-refractivity contribution is 5.72.